The van der Waals surface area contributed by atoms with Gasteiger partial charge in [-0.2, -0.15) is 0 Å². The van der Waals surface area contributed by atoms with Gasteiger partial charge in [0.05, 0.1) is 0 Å². The van der Waals surface area contributed by atoms with E-state index >= 15 is 0 Å². The first kappa shape index (κ1) is 14.6. The van der Waals surface area contributed by atoms with Crippen LogP contribution in [-0.2, 0) is 11.2 Å². The molecule has 0 N–H and O–H groups in total. The molecule has 21 heavy (non-hydrogen) atoms. The maximum Gasteiger partial charge on any atom is 0.227 e. The maximum absolute atomic E-state index is 12.6. The minimum atomic E-state index is 0.311. The van der Waals surface area contributed by atoms with Crippen LogP contribution in [0, 0.1) is 5.92 Å². The number of benzene rings is 1. The minimum absolute atomic E-state index is 0.311. The Bertz CT molecular complexity index is 506. The van der Waals surface area contributed by atoms with Crippen molar-refractivity contribution in [3.63, 3.8) is 0 Å². The molecule has 1 saturated heterocycles. The molecule has 1 unspecified atom stereocenters. The summed E-state index contributed by atoms with van der Waals surface area (Å²) in [6.07, 6.45) is 5.24. The number of hydrogen-bond acceptors (Lipinski definition) is 2. The van der Waals surface area contributed by atoms with Gasteiger partial charge in [0.2, 0.25) is 5.91 Å². The molecular weight excluding hydrogens is 260 g/mol. The van der Waals surface area contributed by atoms with E-state index in [1.54, 1.807) is 0 Å². The van der Waals surface area contributed by atoms with Crippen molar-refractivity contribution in [3.05, 3.63) is 29.8 Å². The van der Waals surface area contributed by atoms with Gasteiger partial charge >= 0.3 is 0 Å². The van der Waals surface area contributed by atoms with Crippen LogP contribution in [0.4, 0.5) is 5.69 Å². The summed E-state index contributed by atoms with van der Waals surface area (Å²) in [7, 11) is 2.18. The smallest absolute Gasteiger partial charge is 0.227 e. The summed E-state index contributed by atoms with van der Waals surface area (Å²) in [4.78, 5) is 17.1. The largest absolute Gasteiger partial charge is 0.309 e. The molecule has 0 bridgehead atoms. The topological polar surface area (TPSA) is 23.6 Å². The van der Waals surface area contributed by atoms with Crippen molar-refractivity contribution in [2.75, 3.05) is 25.0 Å². The van der Waals surface area contributed by atoms with Crippen LogP contribution in [0.5, 0.6) is 0 Å². The van der Waals surface area contributed by atoms with Crippen molar-refractivity contribution in [2.24, 2.45) is 5.92 Å². The lowest BCUT2D eigenvalue weighted by Crippen LogP contribution is -2.36. The molecule has 1 aromatic carbocycles. The van der Waals surface area contributed by atoms with E-state index < -0.39 is 0 Å². The number of likely N-dealkylation sites (tertiary alicyclic amines) is 1. The van der Waals surface area contributed by atoms with Crippen LogP contribution in [0.15, 0.2) is 24.3 Å². The highest BCUT2D eigenvalue weighted by Gasteiger charge is 2.30. The zero-order valence-corrected chi connectivity index (χ0v) is 13.2. The molecule has 0 aliphatic carbocycles. The maximum atomic E-state index is 12.6. The highest BCUT2D eigenvalue weighted by molar-refractivity contribution is 5.96. The Morgan fingerprint density at radius 2 is 1.95 bits per heavy atom. The second kappa shape index (κ2) is 6.18. The molecule has 1 aromatic rings. The lowest BCUT2D eigenvalue weighted by atomic mass is 9.92. The van der Waals surface area contributed by atoms with Crippen LogP contribution in [0.25, 0.3) is 0 Å². The molecule has 3 heteroatoms. The number of fused-ring (bicyclic) bond motifs is 1. The Morgan fingerprint density at radius 1 is 1.24 bits per heavy atom. The summed E-state index contributed by atoms with van der Waals surface area (Å²) in [6, 6.07) is 8.65. The second-order valence-corrected chi connectivity index (χ2v) is 6.73. The summed E-state index contributed by atoms with van der Waals surface area (Å²) in [5, 5.41) is 0. The number of amides is 1. The fourth-order valence-electron chi connectivity index (χ4n) is 3.74. The Morgan fingerprint density at radius 3 is 2.71 bits per heavy atom. The van der Waals surface area contributed by atoms with Gasteiger partial charge in [-0.3, -0.25) is 4.79 Å². The molecule has 3 nitrogen and oxygen atoms in total. The summed E-state index contributed by atoms with van der Waals surface area (Å²) < 4.78 is 0. The number of nitrogens with zero attached hydrogens (tertiary/aromatic N) is 2. The zero-order chi connectivity index (χ0) is 14.8. The van der Waals surface area contributed by atoms with Crippen molar-refractivity contribution in [3.8, 4) is 0 Å². The van der Waals surface area contributed by atoms with E-state index in [-0.39, 0.29) is 0 Å². The third-order valence-electron chi connectivity index (χ3n) is 5.08. The minimum Gasteiger partial charge on any atom is -0.309 e. The molecule has 1 atom stereocenters. The number of rotatable bonds is 3. The normalized spacial score (nSPS) is 23.3. The summed E-state index contributed by atoms with van der Waals surface area (Å²) in [5.74, 6) is 1.05. The van der Waals surface area contributed by atoms with E-state index in [4.69, 9.17) is 0 Å². The summed E-state index contributed by atoms with van der Waals surface area (Å²) >= 11 is 0. The predicted octanol–water partition coefficient (Wildman–Crippen LogP) is 3.09. The molecule has 0 saturated carbocycles. The van der Waals surface area contributed by atoms with E-state index in [2.05, 4.69) is 37.1 Å². The average molecular weight is 286 g/mol. The van der Waals surface area contributed by atoms with Crippen LogP contribution in [-0.4, -0.2) is 37.0 Å². The van der Waals surface area contributed by atoms with Gasteiger partial charge in [0.1, 0.15) is 0 Å². The molecule has 2 aliphatic heterocycles. The van der Waals surface area contributed by atoms with Crippen LogP contribution in [0.3, 0.4) is 0 Å². The average Bonchev–Trinajstić information content (AvgIpc) is 2.82. The van der Waals surface area contributed by atoms with Gasteiger partial charge in [-0.25, -0.2) is 0 Å². The van der Waals surface area contributed by atoms with Crippen molar-refractivity contribution in [1.82, 2.24) is 4.90 Å². The highest BCUT2D eigenvalue weighted by atomic mass is 16.2. The number of piperidine rings is 1. The van der Waals surface area contributed by atoms with Crippen LogP contribution >= 0.6 is 0 Å². The predicted molar refractivity (Wildman–Crippen MR) is 86.5 cm³/mol. The highest BCUT2D eigenvalue weighted by Crippen LogP contribution is 2.33. The van der Waals surface area contributed by atoms with E-state index in [0.717, 1.165) is 24.4 Å². The monoisotopic (exact) mass is 286 g/mol. The summed E-state index contributed by atoms with van der Waals surface area (Å²) in [6.45, 7) is 4.52. The fraction of sp³-hybridized carbons (Fsp3) is 0.611. The lowest BCUT2D eigenvalue weighted by Gasteiger charge is -2.29. The molecule has 1 fully saturated rings. The molecule has 0 aromatic heterocycles. The molecule has 0 radical (unpaired) electrons. The number of para-hydroxylation sites is 1. The number of anilines is 1. The Hall–Kier alpha value is -1.35. The first-order valence-electron chi connectivity index (χ1n) is 8.23. The third-order valence-corrected chi connectivity index (χ3v) is 5.08. The van der Waals surface area contributed by atoms with E-state index in [1.165, 1.54) is 31.5 Å². The first-order valence-corrected chi connectivity index (χ1v) is 8.23. The molecule has 2 heterocycles. The molecular formula is C18H26N2O. The quantitative estimate of drug-likeness (QED) is 0.852. The Balaban J connectivity index is 1.58. The Kier molecular flexibility index (Phi) is 4.29. The van der Waals surface area contributed by atoms with E-state index in [9.17, 15) is 4.79 Å². The van der Waals surface area contributed by atoms with Crippen molar-refractivity contribution < 1.29 is 4.79 Å². The van der Waals surface area contributed by atoms with Crippen molar-refractivity contribution in [1.29, 1.82) is 0 Å². The molecule has 114 valence electrons. The summed E-state index contributed by atoms with van der Waals surface area (Å²) in [5.41, 5.74) is 2.45. The SMILES string of the molecule is CC1Cc2ccccc2N1C(=O)CCC1CCN(C)CC1. The van der Waals surface area contributed by atoms with Gasteiger partial charge in [0, 0.05) is 18.2 Å². The van der Waals surface area contributed by atoms with Crippen LogP contribution in [0.2, 0.25) is 0 Å². The number of hydrogen-bond donors (Lipinski definition) is 0. The van der Waals surface area contributed by atoms with Gasteiger partial charge in [-0.15, -0.1) is 0 Å². The van der Waals surface area contributed by atoms with Gasteiger partial charge in [-0.05, 0) is 70.3 Å². The number of carbonyl (C=O) groups is 1. The van der Waals surface area contributed by atoms with Crippen LogP contribution in [0.1, 0.15) is 38.2 Å². The zero-order valence-electron chi connectivity index (χ0n) is 13.2. The fourth-order valence-corrected chi connectivity index (χ4v) is 3.74. The van der Waals surface area contributed by atoms with Gasteiger partial charge < -0.3 is 9.80 Å². The van der Waals surface area contributed by atoms with E-state index in [1.807, 2.05) is 11.0 Å². The standard InChI is InChI=1S/C18H26N2O/c1-14-13-16-5-3-4-6-17(16)20(14)18(21)8-7-15-9-11-19(2)12-10-15/h3-6,14-15H,7-13H2,1-2H3. The lowest BCUT2D eigenvalue weighted by molar-refractivity contribution is -0.119. The third kappa shape index (κ3) is 3.13. The molecule has 1 amide bonds. The van der Waals surface area contributed by atoms with Crippen molar-refractivity contribution in [2.45, 2.75) is 45.1 Å². The molecule has 0 spiro atoms. The van der Waals surface area contributed by atoms with Crippen LogP contribution < -0.4 is 4.90 Å². The van der Waals surface area contributed by atoms with E-state index in [0.29, 0.717) is 18.4 Å². The first-order chi connectivity index (χ1) is 10.1. The Labute approximate surface area is 127 Å². The number of carbonyl (C=O) groups excluding carboxylic acids is 1. The molecule has 3 rings (SSSR count). The van der Waals surface area contributed by atoms with Gasteiger partial charge in [-0.1, -0.05) is 18.2 Å². The van der Waals surface area contributed by atoms with Gasteiger partial charge in [0.25, 0.3) is 0 Å². The van der Waals surface area contributed by atoms with Crippen molar-refractivity contribution >= 4 is 11.6 Å². The molecule has 2 aliphatic rings. The van der Waals surface area contributed by atoms with Gasteiger partial charge in [0.15, 0.2) is 0 Å². The second-order valence-electron chi connectivity index (χ2n) is 6.73.